The Balaban J connectivity index is 1.27. The van der Waals surface area contributed by atoms with Crippen molar-refractivity contribution in [2.45, 2.75) is 109 Å². The van der Waals surface area contributed by atoms with E-state index in [1.54, 1.807) is 6.07 Å². The van der Waals surface area contributed by atoms with Crippen LogP contribution in [0.3, 0.4) is 0 Å². The SMILES string of the molecule is CC(C)c1cc(C(=O)N2CCC(CCN[C@H](C(=O)OC3CCCC3)C3CCCCC3)CC2)c(O)cc1O. The first-order chi connectivity index (χ1) is 17.8. The van der Waals surface area contributed by atoms with Gasteiger partial charge in [0, 0.05) is 19.2 Å². The summed E-state index contributed by atoms with van der Waals surface area (Å²) >= 11 is 0. The molecule has 1 heterocycles. The molecule has 37 heavy (non-hydrogen) atoms. The molecule has 1 aromatic carbocycles. The van der Waals surface area contributed by atoms with Crippen LogP contribution in [0.15, 0.2) is 12.1 Å². The highest BCUT2D eigenvalue weighted by atomic mass is 16.5. The van der Waals surface area contributed by atoms with Crippen molar-refractivity contribution >= 4 is 11.9 Å². The first-order valence-electron chi connectivity index (χ1n) is 14.6. The van der Waals surface area contributed by atoms with Crippen LogP contribution in [0.1, 0.15) is 113 Å². The lowest BCUT2D eigenvalue weighted by molar-refractivity contribution is -0.153. The molecule has 1 amide bonds. The Morgan fingerprint density at radius 2 is 1.59 bits per heavy atom. The van der Waals surface area contributed by atoms with Crippen molar-refractivity contribution in [3.05, 3.63) is 23.3 Å². The lowest BCUT2D eigenvalue weighted by atomic mass is 9.83. The van der Waals surface area contributed by atoms with Gasteiger partial charge in [-0.1, -0.05) is 33.1 Å². The molecule has 206 valence electrons. The molecule has 1 aromatic rings. The minimum atomic E-state index is -0.199. The van der Waals surface area contributed by atoms with Crippen LogP contribution in [-0.2, 0) is 9.53 Å². The molecule has 0 bridgehead atoms. The van der Waals surface area contributed by atoms with E-state index < -0.39 is 0 Å². The van der Waals surface area contributed by atoms with Crippen LogP contribution in [0, 0.1) is 11.8 Å². The molecule has 1 aliphatic heterocycles. The zero-order valence-electron chi connectivity index (χ0n) is 22.7. The summed E-state index contributed by atoms with van der Waals surface area (Å²) < 4.78 is 5.91. The van der Waals surface area contributed by atoms with Gasteiger partial charge in [0.15, 0.2) is 0 Å². The zero-order chi connectivity index (χ0) is 26.4. The number of nitrogens with zero attached hydrogens (tertiary/aromatic N) is 1. The van der Waals surface area contributed by atoms with Gasteiger partial charge in [0.2, 0.25) is 0 Å². The highest BCUT2D eigenvalue weighted by Crippen LogP contribution is 2.34. The number of rotatable bonds is 9. The van der Waals surface area contributed by atoms with Gasteiger partial charge in [0.25, 0.3) is 5.91 Å². The lowest BCUT2D eigenvalue weighted by Crippen LogP contribution is -2.46. The van der Waals surface area contributed by atoms with Crippen LogP contribution in [0.2, 0.25) is 0 Å². The molecule has 0 radical (unpaired) electrons. The average molecular weight is 515 g/mol. The molecule has 2 aliphatic carbocycles. The number of carbonyl (C=O) groups is 2. The molecule has 7 heteroatoms. The maximum atomic E-state index is 13.1. The van der Waals surface area contributed by atoms with Crippen LogP contribution < -0.4 is 5.32 Å². The first-order valence-corrected chi connectivity index (χ1v) is 14.6. The number of esters is 1. The number of likely N-dealkylation sites (tertiary alicyclic amines) is 1. The van der Waals surface area contributed by atoms with Gasteiger partial charge < -0.3 is 25.2 Å². The van der Waals surface area contributed by atoms with Gasteiger partial charge >= 0.3 is 5.97 Å². The quantitative estimate of drug-likeness (QED) is 0.377. The number of hydrogen-bond acceptors (Lipinski definition) is 6. The van der Waals surface area contributed by atoms with Gasteiger partial charge in [-0.2, -0.15) is 0 Å². The highest BCUT2D eigenvalue weighted by Gasteiger charge is 2.33. The number of ether oxygens (including phenoxy) is 1. The maximum Gasteiger partial charge on any atom is 0.323 e. The van der Waals surface area contributed by atoms with Crippen molar-refractivity contribution < 1.29 is 24.5 Å². The molecule has 0 spiro atoms. The number of nitrogens with one attached hydrogen (secondary N) is 1. The topological polar surface area (TPSA) is 99.1 Å². The number of hydrogen-bond donors (Lipinski definition) is 3. The minimum Gasteiger partial charge on any atom is -0.508 e. The monoisotopic (exact) mass is 514 g/mol. The van der Waals surface area contributed by atoms with Crippen LogP contribution in [0.4, 0.5) is 0 Å². The Bertz CT molecular complexity index is 913. The third-order valence-electron chi connectivity index (χ3n) is 8.78. The molecule has 3 fully saturated rings. The Hall–Kier alpha value is -2.28. The second-order valence-corrected chi connectivity index (χ2v) is 11.8. The third-order valence-corrected chi connectivity index (χ3v) is 8.78. The smallest absolute Gasteiger partial charge is 0.323 e. The molecule has 2 saturated carbocycles. The Labute approximate surface area is 222 Å². The zero-order valence-corrected chi connectivity index (χ0v) is 22.7. The van der Waals surface area contributed by atoms with E-state index in [-0.39, 0.29) is 47.0 Å². The molecule has 7 nitrogen and oxygen atoms in total. The second kappa shape index (κ2) is 13.0. The van der Waals surface area contributed by atoms with Gasteiger partial charge in [0.1, 0.15) is 23.6 Å². The summed E-state index contributed by atoms with van der Waals surface area (Å²) in [6, 6.07) is 2.71. The van der Waals surface area contributed by atoms with Crippen LogP contribution in [0.5, 0.6) is 11.5 Å². The number of aromatic hydroxyl groups is 2. The Morgan fingerprint density at radius 1 is 0.946 bits per heavy atom. The molecule has 1 saturated heterocycles. The summed E-state index contributed by atoms with van der Waals surface area (Å²) in [5, 5.41) is 24.0. The summed E-state index contributed by atoms with van der Waals surface area (Å²) in [5.74, 6) is 0.546. The maximum absolute atomic E-state index is 13.1. The predicted octanol–water partition coefficient (Wildman–Crippen LogP) is 5.49. The van der Waals surface area contributed by atoms with E-state index in [1.807, 2.05) is 18.7 Å². The standard InChI is InChI=1S/C30H46N2O5/c1-20(2)24-18-25(27(34)19-26(24)33)29(35)32-16-13-21(14-17-32)12-15-31-28(22-8-4-3-5-9-22)30(36)37-23-10-6-7-11-23/h18-23,28,31,33-34H,3-17H2,1-2H3/t28-/m0/s1. The van der Waals surface area contributed by atoms with Crippen molar-refractivity contribution in [1.82, 2.24) is 10.2 Å². The molecule has 3 N–H and O–H groups in total. The highest BCUT2D eigenvalue weighted by molar-refractivity contribution is 5.97. The van der Waals surface area contributed by atoms with E-state index in [2.05, 4.69) is 5.32 Å². The molecule has 0 unspecified atom stereocenters. The van der Waals surface area contributed by atoms with E-state index in [0.717, 1.165) is 64.3 Å². The van der Waals surface area contributed by atoms with E-state index in [4.69, 9.17) is 4.74 Å². The second-order valence-electron chi connectivity index (χ2n) is 11.8. The number of carbonyl (C=O) groups excluding carboxylic acids is 2. The molecular weight excluding hydrogens is 468 g/mol. The van der Waals surface area contributed by atoms with Gasteiger partial charge in [-0.05, 0) is 93.7 Å². The van der Waals surface area contributed by atoms with Gasteiger partial charge in [-0.3, -0.25) is 9.59 Å². The number of benzene rings is 1. The average Bonchev–Trinajstić information content (AvgIpc) is 3.40. The molecule has 3 aliphatic rings. The Kier molecular flexibility index (Phi) is 9.74. The van der Waals surface area contributed by atoms with E-state index >= 15 is 0 Å². The van der Waals surface area contributed by atoms with E-state index in [1.165, 1.54) is 25.3 Å². The van der Waals surface area contributed by atoms with Gasteiger partial charge in [0.05, 0.1) is 5.56 Å². The fraction of sp³-hybridized carbons (Fsp3) is 0.733. The van der Waals surface area contributed by atoms with Crippen LogP contribution in [-0.4, -0.2) is 58.8 Å². The Morgan fingerprint density at radius 3 is 2.24 bits per heavy atom. The number of phenolic OH excluding ortho intramolecular Hbond substituents is 2. The fourth-order valence-corrected chi connectivity index (χ4v) is 6.42. The molecular formula is C30H46N2O5. The predicted molar refractivity (Wildman–Crippen MR) is 144 cm³/mol. The molecule has 0 aromatic heterocycles. The fourth-order valence-electron chi connectivity index (χ4n) is 6.42. The normalized spacial score (nSPS) is 20.9. The minimum absolute atomic E-state index is 0.0221. The largest absolute Gasteiger partial charge is 0.508 e. The van der Waals surface area contributed by atoms with E-state index in [0.29, 0.717) is 30.5 Å². The van der Waals surface area contributed by atoms with Crippen molar-refractivity contribution in [3.63, 3.8) is 0 Å². The van der Waals surface area contributed by atoms with E-state index in [9.17, 15) is 19.8 Å². The lowest BCUT2D eigenvalue weighted by Gasteiger charge is -2.33. The summed E-state index contributed by atoms with van der Waals surface area (Å²) in [7, 11) is 0. The number of phenols is 2. The summed E-state index contributed by atoms with van der Waals surface area (Å²) in [6.45, 7) is 5.99. The number of amides is 1. The molecule has 1 atom stereocenters. The number of piperidine rings is 1. The van der Waals surface area contributed by atoms with Gasteiger partial charge in [-0.15, -0.1) is 0 Å². The third kappa shape index (κ3) is 7.18. The van der Waals surface area contributed by atoms with Crippen molar-refractivity contribution in [2.75, 3.05) is 19.6 Å². The summed E-state index contributed by atoms with van der Waals surface area (Å²) in [4.78, 5) is 28.0. The van der Waals surface area contributed by atoms with Crippen molar-refractivity contribution in [2.24, 2.45) is 11.8 Å². The van der Waals surface area contributed by atoms with Crippen LogP contribution in [0.25, 0.3) is 0 Å². The van der Waals surface area contributed by atoms with Crippen molar-refractivity contribution in [1.29, 1.82) is 0 Å². The van der Waals surface area contributed by atoms with Crippen molar-refractivity contribution in [3.8, 4) is 11.5 Å². The summed E-state index contributed by atoms with van der Waals surface area (Å²) in [6.07, 6.45) is 13.1. The van der Waals surface area contributed by atoms with Gasteiger partial charge in [-0.25, -0.2) is 0 Å². The first kappa shape index (κ1) is 27.7. The van der Waals surface area contributed by atoms with Crippen LogP contribution >= 0.6 is 0 Å². The molecule has 4 rings (SSSR count). The summed E-state index contributed by atoms with van der Waals surface area (Å²) in [5.41, 5.74) is 0.929.